The smallest absolute Gasteiger partial charge is 0.255 e. The third kappa shape index (κ3) is 5.21. The summed E-state index contributed by atoms with van der Waals surface area (Å²) in [6.07, 6.45) is 1.75. The van der Waals surface area contributed by atoms with Gasteiger partial charge in [-0.15, -0.1) is 0 Å². The average molecular weight is 456 g/mol. The highest BCUT2D eigenvalue weighted by Gasteiger charge is 2.27. The molecule has 1 aromatic carbocycles. The number of aromatic nitrogens is 1. The molecule has 2 aromatic rings. The standard InChI is InChI=1S/C24H30ClN5O2/c1-24(2,3)30-9-7-29(8-10-30)22-18(15-26)13-19(16-27-22)17-5-6-20(21(25)14-17)23(32)28(4)11-12-31/h5-6,13-14,16,31H,7-12H2,1-4H3. The maximum absolute atomic E-state index is 12.5. The molecule has 1 amide bonds. The number of amides is 1. The van der Waals surface area contributed by atoms with Gasteiger partial charge in [-0.1, -0.05) is 17.7 Å². The van der Waals surface area contributed by atoms with Crippen LogP contribution in [0.4, 0.5) is 5.82 Å². The van der Waals surface area contributed by atoms with Crippen molar-refractivity contribution in [3.63, 3.8) is 0 Å². The molecule has 0 spiro atoms. The summed E-state index contributed by atoms with van der Waals surface area (Å²) in [7, 11) is 1.62. The van der Waals surface area contributed by atoms with Gasteiger partial charge in [0.05, 0.1) is 22.8 Å². The van der Waals surface area contributed by atoms with Crippen LogP contribution in [0.25, 0.3) is 11.1 Å². The molecule has 1 saturated heterocycles. The first-order chi connectivity index (χ1) is 15.2. The third-order valence-electron chi connectivity index (χ3n) is 5.83. The van der Waals surface area contributed by atoms with E-state index in [9.17, 15) is 10.1 Å². The van der Waals surface area contributed by atoms with E-state index in [0.717, 1.165) is 37.3 Å². The molecule has 0 saturated carbocycles. The monoisotopic (exact) mass is 455 g/mol. The Kier molecular flexibility index (Phi) is 7.40. The first kappa shape index (κ1) is 24.0. The largest absolute Gasteiger partial charge is 0.395 e. The lowest BCUT2D eigenvalue weighted by atomic mass is 10.0. The van der Waals surface area contributed by atoms with Gasteiger partial charge in [0.15, 0.2) is 0 Å². The number of piperazine rings is 1. The molecule has 1 fully saturated rings. The van der Waals surface area contributed by atoms with Gasteiger partial charge < -0.3 is 14.9 Å². The number of rotatable bonds is 5. The van der Waals surface area contributed by atoms with E-state index >= 15 is 0 Å². The summed E-state index contributed by atoms with van der Waals surface area (Å²) in [5.41, 5.74) is 2.56. The summed E-state index contributed by atoms with van der Waals surface area (Å²) in [6.45, 7) is 10.3. The highest BCUT2D eigenvalue weighted by molar-refractivity contribution is 6.34. The van der Waals surface area contributed by atoms with Crippen molar-refractivity contribution in [3.05, 3.63) is 46.6 Å². The van der Waals surface area contributed by atoms with Crippen LogP contribution in [0.15, 0.2) is 30.5 Å². The summed E-state index contributed by atoms with van der Waals surface area (Å²) in [5, 5.41) is 19.1. The molecule has 170 valence electrons. The number of carbonyl (C=O) groups excluding carboxylic acids is 1. The van der Waals surface area contributed by atoms with Gasteiger partial charge in [0, 0.05) is 57.1 Å². The highest BCUT2D eigenvalue weighted by atomic mass is 35.5. The molecule has 0 atom stereocenters. The summed E-state index contributed by atoms with van der Waals surface area (Å²) in [4.78, 5) is 23.1. The number of aliphatic hydroxyl groups excluding tert-OH is 1. The number of benzene rings is 1. The van der Waals surface area contributed by atoms with Crippen molar-refractivity contribution in [1.29, 1.82) is 5.26 Å². The molecule has 0 unspecified atom stereocenters. The predicted molar refractivity (Wildman–Crippen MR) is 127 cm³/mol. The van der Waals surface area contributed by atoms with Crippen LogP contribution in [0, 0.1) is 11.3 Å². The van der Waals surface area contributed by atoms with Crippen LogP contribution >= 0.6 is 11.6 Å². The van der Waals surface area contributed by atoms with E-state index < -0.39 is 0 Å². The van der Waals surface area contributed by atoms with Crippen LogP contribution in [0.3, 0.4) is 0 Å². The van der Waals surface area contributed by atoms with Gasteiger partial charge >= 0.3 is 0 Å². The Bertz CT molecular complexity index is 1020. The Morgan fingerprint density at radius 3 is 2.47 bits per heavy atom. The molecular formula is C24H30ClN5O2. The van der Waals surface area contributed by atoms with Crippen LogP contribution in [0.2, 0.25) is 5.02 Å². The van der Waals surface area contributed by atoms with Crippen molar-refractivity contribution < 1.29 is 9.90 Å². The maximum Gasteiger partial charge on any atom is 0.255 e. The Morgan fingerprint density at radius 1 is 1.22 bits per heavy atom. The fraction of sp³-hybridized carbons (Fsp3) is 0.458. The molecule has 1 aliphatic heterocycles. The molecule has 8 heteroatoms. The second-order valence-corrected chi connectivity index (χ2v) is 9.40. The van der Waals surface area contributed by atoms with Gasteiger partial charge in [-0.3, -0.25) is 9.69 Å². The number of hydrogen-bond acceptors (Lipinski definition) is 6. The molecule has 2 heterocycles. The summed E-state index contributed by atoms with van der Waals surface area (Å²) < 4.78 is 0. The average Bonchev–Trinajstić information content (AvgIpc) is 2.77. The fourth-order valence-corrected chi connectivity index (χ4v) is 4.13. The Morgan fingerprint density at radius 2 is 1.91 bits per heavy atom. The van der Waals surface area contributed by atoms with E-state index in [4.69, 9.17) is 16.7 Å². The molecular weight excluding hydrogens is 426 g/mol. The SMILES string of the molecule is CN(CCO)C(=O)c1ccc(-c2cnc(N3CCN(C(C)(C)C)CC3)c(C#N)c2)cc1Cl. The number of halogens is 1. The normalized spacial score (nSPS) is 14.8. The second-order valence-electron chi connectivity index (χ2n) is 9.00. The predicted octanol–water partition coefficient (Wildman–Crippen LogP) is 3.26. The lowest BCUT2D eigenvalue weighted by molar-refractivity contribution is 0.0767. The molecule has 1 N–H and O–H groups in total. The number of aliphatic hydroxyl groups is 1. The molecule has 0 bridgehead atoms. The molecule has 1 aliphatic rings. The lowest BCUT2D eigenvalue weighted by Gasteiger charge is -2.42. The topological polar surface area (TPSA) is 83.7 Å². The molecule has 1 aromatic heterocycles. The number of anilines is 1. The van der Waals surface area contributed by atoms with Crippen molar-refractivity contribution >= 4 is 23.3 Å². The molecule has 0 aliphatic carbocycles. The minimum Gasteiger partial charge on any atom is -0.395 e. The lowest BCUT2D eigenvalue weighted by Crippen LogP contribution is -2.53. The number of nitrogens with zero attached hydrogens (tertiary/aromatic N) is 5. The molecule has 3 rings (SSSR count). The second kappa shape index (κ2) is 9.86. The van der Waals surface area contributed by atoms with Crippen LogP contribution in [0.5, 0.6) is 0 Å². The van der Waals surface area contributed by atoms with Crippen molar-refractivity contribution in [2.24, 2.45) is 0 Å². The van der Waals surface area contributed by atoms with Crippen LogP contribution < -0.4 is 4.90 Å². The van der Waals surface area contributed by atoms with E-state index in [1.165, 1.54) is 4.90 Å². The maximum atomic E-state index is 12.5. The van der Waals surface area contributed by atoms with E-state index in [2.05, 4.69) is 41.6 Å². The summed E-state index contributed by atoms with van der Waals surface area (Å²) in [5.74, 6) is 0.449. The van der Waals surface area contributed by atoms with Crippen molar-refractivity contribution in [1.82, 2.24) is 14.8 Å². The molecule has 0 radical (unpaired) electrons. The van der Waals surface area contributed by atoms with E-state index in [0.29, 0.717) is 22.0 Å². The van der Waals surface area contributed by atoms with Crippen molar-refractivity contribution in [2.75, 3.05) is 51.3 Å². The number of nitriles is 1. The third-order valence-corrected chi connectivity index (χ3v) is 6.14. The van der Waals surface area contributed by atoms with Gasteiger partial charge in [-0.05, 0) is 44.5 Å². The first-order valence-electron chi connectivity index (χ1n) is 10.7. The van der Waals surface area contributed by atoms with Gasteiger partial charge in [0.2, 0.25) is 0 Å². The summed E-state index contributed by atoms with van der Waals surface area (Å²) in [6, 6.07) is 9.28. The fourth-order valence-electron chi connectivity index (χ4n) is 3.86. The molecule has 7 nitrogen and oxygen atoms in total. The number of pyridine rings is 1. The quantitative estimate of drug-likeness (QED) is 0.745. The van der Waals surface area contributed by atoms with Crippen LogP contribution in [-0.2, 0) is 0 Å². The number of hydrogen-bond donors (Lipinski definition) is 1. The van der Waals surface area contributed by atoms with Crippen molar-refractivity contribution in [3.8, 4) is 17.2 Å². The molecule has 32 heavy (non-hydrogen) atoms. The van der Waals surface area contributed by atoms with E-state index in [1.807, 2.05) is 6.07 Å². The zero-order valence-electron chi connectivity index (χ0n) is 19.1. The van der Waals surface area contributed by atoms with E-state index in [1.54, 1.807) is 31.4 Å². The summed E-state index contributed by atoms with van der Waals surface area (Å²) >= 11 is 6.39. The van der Waals surface area contributed by atoms with E-state index in [-0.39, 0.29) is 24.6 Å². The van der Waals surface area contributed by atoms with Gasteiger partial charge in [-0.25, -0.2) is 4.98 Å². The highest BCUT2D eigenvalue weighted by Crippen LogP contribution is 2.29. The zero-order valence-corrected chi connectivity index (χ0v) is 19.9. The Labute approximate surface area is 194 Å². The van der Waals surface area contributed by atoms with Crippen molar-refractivity contribution in [2.45, 2.75) is 26.3 Å². The minimum atomic E-state index is -0.254. The number of likely N-dealkylation sites (N-methyl/N-ethyl adjacent to an activating group) is 1. The van der Waals surface area contributed by atoms with Gasteiger partial charge in [0.25, 0.3) is 5.91 Å². The first-order valence-corrected chi connectivity index (χ1v) is 11.1. The Hall–Kier alpha value is -2.66. The van der Waals surface area contributed by atoms with Gasteiger partial charge in [-0.2, -0.15) is 5.26 Å². The Balaban J connectivity index is 1.81. The minimum absolute atomic E-state index is 0.113. The van der Waals surface area contributed by atoms with Gasteiger partial charge in [0.1, 0.15) is 11.9 Å². The van der Waals surface area contributed by atoms with Crippen LogP contribution in [-0.4, -0.2) is 77.7 Å². The number of carbonyl (C=O) groups is 1. The zero-order chi connectivity index (χ0) is 23.5. The van der Waals surface area contributed by atoms with Crippen LogP contribution in [0.1, 0.15) is 36.7 Å².